The molecule has 1 N–H and O–H groups in total. The maximum Gasteiger partial charge on any atom is 0.238 e. The predicted octanol–water partition coefficient (Wildman–Crippen LogP) is 3.32. The molecule has 2 heterocycles. The highest BCUT2D eigenvalue weighted by molar-refractivity contribution is 6.34. The van der Waals surface area contributed by atoms with Crippen molar-refractivity contribution in [2.24, 2.45) is 0 Å². The minimum Gasteiger partial charge on any atom is -0.490 e. The van der Waals surface area contributed by atoms with E-state index in [0.717, 1.165) is 32.4 Å². The van der Waals surface area contributed by atoms with Crippen molar-refractivity contribution in [3.63, 3.8) is 0 Å². The first-order chi connectivity index (χ1) is 11.2. The summed E-state index contributed by atoms with van der Waals surface area (Å²) in [5.74, 6) is 1.23. The minimum absolute atomic E-state index is 0.0386. The third-order valence-electron chi connectivity index (χ3n) is 4.18. The SMILES string of the molecule is O=C(CN1CCCCCC1)Nc1cc2c(cc1Cl)OCCCO2. The molecule has 0 bridgehead atoms. The summed E-state index contributed by atoms with van der Waals surface area (Å²) >= 11 is 6.26. The number of amides is 1. The highest BCUT2D eigenvalue weighted by Crippen LogP contribution is 2.37. The summed E-state index contributed by atoms with van der Waals surface area (Å²) in [6.45, 7) is 3.61. The van der Waals surface area contributed by atoms with Crippen LogP contribution in [0.2, 0.25) is 5.02 Å². The van der Waals surface area contributed by atoms with E-state index in [9.17, 15) is 4.79 Å². The van der Waals surface area contributed by atoms with Gasteiger partial charge in [0.25, 0.3) is 0 Å². The largest absolute Gasteiger partial charge is 0.490 e. The van der Waals surface area contributed by atoms with Gasteiger partial charge in [0.05, 0.1) is 30.5 Å². The summed E-state index contributed by atoms with van der Waals surface area (Å²) in [7, 11) is 0. The average Bonchev–Trinajstić information content (AvgIpc) is 2.90. The molecule has 0 unspecified atom stereocenters. The van der Waals surface area contributed by atoms with E-state index >= 15 is 0 Å². The molecule has 0 spiro atoms. The molecule has 0 aromatic heterocycles. The molecule has 0 radical (unpaired) electrons. The van der Waals surface area contributed by atoms with Gasteiger partial charge in [0.1, 0.15) is 0 Å². The fraction of sp³-hybridized carbons (Fsp3) is 0.588. The van der Waals surface area contributed by atoms with Crippen LogP contribution in [0.4, 0.5) is 5.69 Å². The Labute approximate surface area is 141 Å². The number of nitrogens with one attached hydrogen (secondary N) is 1. The molecule has 0 atom stereocenters. The van der Waals surface area contributed by atoms with Crippen LogP contribution in [0, 0.1) is 0 Å². The fourth-order valence-corrected chi connectivity index (χ4v) is 3.17. The Balaban J connectivity index is 1.64. The monoisotopic (exact) mass is 338 g/mol. The molecule has 1 saturated heterocycles. The maximum absolute atomic E-state index is 12.3. The van der Waals surface area contributed by atoms with Crippen LogP contribution < -0.4 is 14.8 Å². The molecular formula is C17H23ClN2O3. The Kier molecular flexibility index (Phi) is 5.62. The quantitative estimate of drug-likeness (QED) is 0.918. The zero-order valence-corrected chi connectivity index (χ0v) is 14.0. The number of hydrogen-bond acceptors (Lipinski definition) is 4. The van der Waals surface area contributed by atoms with E-state index in [1.807, 2.05) is 0 Å². The second kappa shape index (κ2) is 7.88. The lowest BCUT2D eigenvalue weighted by molar-refractivity contribution is -0.117. The predicted molar refractivity (Wildman–Crippen MR) is 90.6 cm³/mol. The molecule has 3 rings (SSSR count). The number of likely N-dealkylation sites (tertiary alicyclic amines) is 1. The van der Waals surface area contributed by atoms with Gasteiger partial charge in [0.2, 0.25) is 5.91 Å². The Morgan fingerprint density at radius 3 is 2.39 bits per heavy atom. The van der Waals surface area contributed by atoms with Crippen molar-refractivity contribution in [3.05, 3.63) is 17.2 Å². The number of carbonyl (C=O) groups is 1. The van der Waals surface area contributed by atoms with E-state index < -0.39 is 0 Å². The lowest BCUT2D eigenvalue weighted by atomic mass is 10.2. The summed E-state index contributed by atoms with van der Waals surface area (Å²) in [6, 6.07) is 3.47. The van der Waals surface area contributed by atoms with E-state index in [1.54, 1.807) is 12.1 Å². The van der Waals surface area contributed by atoms with Gasteiger partial charge in [-0.25, -0.2) is 0 Å². The number of halogens is 1. The Morgan fingerprint density at radius 1 is 1.04 bits per heavy atom. The first kappa shape index (κ1) is 16.4. The van der Waals surface area contributed by atoms with Gasteiger partial charge in [-0.15, -0.1) is 0 Å². The third-order valence-corrected chi connectivity index (χ3v) is 4.49. The Morgan fingerprint density at radius 2 is 1.70 bits per heavy atom. The highest BCUT2D eigenvalue weighted by atomic mass is 35.5. The van der Waals surface area contributed by atoms with Gasteiger partial charge in [0, 0.05) is 18.6 Å². The van der Waals surface area contributed by atoms with Gasteiger partial charge in [0.15, 0.2) is 11.5 Å². The summed E-state index contributed by atoms with van der Waals surface area (Å²) in [6.07, 6.45) is 5.68. The normalized spacial score (nSPS) is 18.8. The molecule has 23 heavy (non-hydrogen) atoms. The van der Waals surface area contributed by atoms with Crippen LogP contribution in [0.5, 0.6) is 11.5 Å². The zero-order valence-electron chi connectivity index (χ0n) is 13.3. The average molecular weight is 339 g/mol. The number of hydrogen-bond donors (Lipinski definition) is 1. The standard InChI is InChI=1S/C17H23ClN2O3/c18-13-10-15-16(23-9-5-8-22-15)11-14(13)19-17(21)12-20-6-3-1-2-4-7-20/h10-11H,1-9,12H2,(H,19,21). The summed E-state index contributed by atoms with van der Waals surface area (Å²) < 4.78 is 11.2. The van der Waals surface area contributed by atoms with Crippen molar-refractivity contribution in [2.45, 2.75) is 32.1 Å². The van der Waals surface area contributed by atoms with Crippen LogP contribution in [0.1, 0.15) is 32.1 Å². The topological polar surface area (TPSA) is 50.8 Å². The maximum atomic E-state index is 12.3. The van der Waals surface area contributed by atoms with Crippen LogP contribution in [0.3, 0.4) is 0 Å². The van der Waals surface area contributed by atoms with Crippen molar-refractivity contribution in [3.8, 4) is 11.5 Å². The van der Waals surface area contributed by atoms with Crippen LogP contribution >= 0.6 is 11.6 Å². The van der Waals surface area contributed by atoms with Crippen molar-refractivity contribution >= 4 is 23.2 Å². The van der Waals surface area contributed by atoms with Gasteiger partial charge in [-0.1, -0.05) is 24.4 Å². The molecule has 0 saturated carbocycles. The molecule has 1 aromatic carbocycles. The van der Waals surface area contributed by atoms with Crippen LogP contribution in [0.15, 0.2) is 12.1 Å². The van der Waals surface area contributed by atoms with E-state index in [0.29, 0.717) is 42.0 Å². The third kappa shape index (κ3) is 4.52. The molecule has 1 amide bonds. The first-order valence-corrected chi connectivity index (χ1v) is 8.71. The highest BCUT2D eigenvalue weighted by Gasteiger charge is 2.17. The van der Waals surface area contributed by atoms with Gasteiger partial charge < -0.3 is 14.8 Å². The smallest absolute Gasteiger partial charge is 0.238 e. The van der Waals surface area contributed by atoms with Crippen molar-refractivity contribution in [1.29, 1.82) is 0 Å². The first-order valence-electron chi connectivity index (χ1n) is 8.34. The van der Waals surface area contributed by atoms with Gasteiger partial charge in [-0.05, 0) is 25.9 Å². The van der Waals surface area contributed by atoms with E-state index in [-0.39, 0.29) is 5.91 Å². The number of benzene rings is 1. The van der Waals surface area contributed by atoms with Crippen molar-refractivity contribution in [2.75, 3.05) is 38.2 Å². The lowest BCUT2D eigenvalue weighted by Crippen LogP contribution is -2.34. The van der Waals surface area contributed by atoms with Crippen molar-refractivity contribution in [1.82, 2.24) is 4.90 Å². The lowest BCUT2D eigenvalue weighted by Gasteiger charge is -2.19. The fourth-order valence-electron chi connectivity index (χ4n) is 2.97. The molecule has 6 heteroatoms. The number of fused-ring (bicyclic) bond motifs is 1. The minimum atomic E-state index is -0.0386. The van der Waals surface area contributed by atoms with Crippen LogP contribution in [0.25, 0.3) is 0 Å². The molecule has 2 aliphatic rings. The molecule has 1 aromatic rings. The molecule has 1 fully saturated rings. The second-order valence-corrected chi connectivity index (χ2v) is 6.48. The zero-order chi connectivity index (χ0) is 16.1. The molecule has 2 aliphatic heterocycles. The van der Waals surface area contributed by atoms with E-state index in [1.165, 1.54) is 12.8 Å². The second-order valence-electron chi connectivity index (χ2n) is 6.07. The van der Waals surface area contributed by atoms with Crippen molar-refractivity contribution < 1.29 is 14.3 Å². The van der Waals surface area contributed by atoms with Gasteiger partial charge in [-0.2, -0.15) is 0 Å². The van der Waals surface area contributed by atoms with Gasteiger partial charge >= 0.3 is 0 Å². The van der Waals surface area contributed by atoms with Crippen LogP contribution in [-0.2, 0) is 4.79 Å². The van der Waals surface area contributed by atoms with E-state index in [4.69, 9.17) is 21.1 Å². The molecule has 126 valence electrons. The number of rotatable bonds is 3. The Hall–Kier alpha value is -1.46. The number of anilines is 1. The number of carbonyl (C=O) groups excluding carboxylic acids is 1. The molecule has 5 nitrogen and oxygen atoms in total. The summed E-state index contributed by atoms with van der Waals surface area (Å²) in [5.41, 5.74) is 0.579. The number of nitrogens with zero attached hydrogens (tertiary/aromatic N) is 1. The van der Waals surface area contributed by atoms with Gasteiger partial charge in [-0.3, -0.25) is 9.69 Å². The van der Waals surface area contributed by atoms with Crippen LogP contribution in [-0.4, -0.2) is 43.7 Å². The summed E-state index contributed by atoms with van der Waals surface area (Å²) in [5, 5.41) is 3.37. The Bertz CT molecular complexity index is 557. The summed E-state index contributed by atoms with van der Waals surface area (Å²) in [4.78, 5) is 14.5. The molecular weight excluding hydrogens is 316 g/mol. The van der Waals surface area contributed by atoms with E-state index in [2.05, 4.69) is 10.2 Å². The number of ether oxygens (including phenoxy) is 2. The molecule has 0 aliphatic carbocycles.